The number of carbonyl (C=O) groups is 2. The molecular weight excluding hydrogens is 455 g/mol. The van der Waals surface area contributed by atoms with Crippen LogP contribution in [0.4, 0.5) is 8.78 Å². The molecule has 6 nitrogen and oxygen atoms in total. The third-order valence-electron chi connectivity index (χ3n) is 6.77. The third-order valence-corrected chi connectivity index (χ3v) is 6.77. The summed E-state index contributed by atoms with van der Waals surface area (Å²) in [7, 11) is -0.613. The summed E-state index contributed by atoms with van der Waals surface area (Å²) >= 11 is 0. The standard InChI is InChI=1S/C26H26BF2NO5/c1-25(2)26(3,4)35-27(34-25)18-13-12-15(16-8-5-6-9-17(16)18)14-21(24(32)33)30-23(31)22-19(28)10-7-11-20(22)29/h5-13,21H,14H2,1-4H3,(H,30,31)(H,32,33)/t21-/m0/s1. The van der Waals surface area contributed by atoms with E-state index in [1.807, 2.05) is 58.0 Å². The molecular formula is C26H26BF2NO5. The van der Waals surface area contributed by atoms with Crippen molar-refractivity contribution in [3.8, 4) is 0 Å². The maximum Gasteiger partial charge on any atom is 0.495 e. The average Bonchev–Trinajstić information content (AvgIpc) is 2.99. The molecule has 0 aliphatic carbocycles. The van der Waals surface area contributed by atoms with Crippen molar-refractivity contribution in [3.63, 3.8) is 0 Å². The molecule has 0 aromatic heterocycles. The lowest BCUT2D eigenvalue weighted by Crippen LogP contribution is -2.43. The maximum atomic E-state index is 14.0. The van der Waals surface area contributed by atoms with Crippen molar-refractivity contribution < 1.29 is 32.8 Å². The summed E-state index contributed by atoms with van der Waals surface area (Å²) < 4.78 is 40.4. The molecule has 1 heterocycles. The Morgan fingerprint density at radius 1 is 0.914 bits per heavy atom. The van der Waals surface area contributed by atoms with Crippen molar-refractivity contribution in [3.05, 3.63) is 77.4 Å². The number of hydrogen-bond donors (Lipinski definition) is 2. The Bertz CT molecular complexity index is 1270. The van der Waals surface area contributed by atoms with Gasteiger partial charge in [0.15, 0.2) is 0 Å². The van der Waals surface area contributed by atoms with E-state index in [4.69, 9.17) is 9.31 Å². The number of aliphatic carboxylic acids is 1. The quantitative estimate of drug-likeness (QED) is 0.523. The minimum absolute atomic E-state index is 0.0959. The van der Waals surface area contributed by atoms with Gasteiger partial charge in [0.2, 0.25) is 0 Å². The Kier molecular flexibility index (Phi) is 6.42. The summed E-state index contributed by atoms with van der Waals surface area (Å²) in [6, 6.07) is 12.6. The predicted octanol–water partition coefficient (Wildman–Crippen LogP) is 3.84. The summed E-state index contributed by atoms with van der Waals surface area (Å²) in [5.74, 6) is -4.59. The highest BCUT2D eigenvalue weighted by Crippen LogP contribution is 2.37. The fourth-order valence-corrected chi connectivity index (χ4v) is 4.10. The zero-order valence-electron chi connectivity index (χ0n) is 19.9. The van der Waals surface area contributed by atoms with Crippen LogP contribution in [-0.2, 0) is 20.5 Å². The van der Waals surface area contributed by atoms with Gasteiger partial charge in [-0.05, 0) is 61.6 Å². The second-order valence-corrected chi connectivity index (χ2v) is 9.61. The summed E-state index contributed by atoms with van der Waals surface area (Å²) in [6.45, 7) is 7.84. The maximum absolute atomic E-state index is 14.0. The van der Waals surface area contributed by atoms with Gasteiger partial charge in [0.05, 0.1) is 11.2 Å². The van der Waals surface area contributed by atoms with Gasteiger partial charge in [0.1, 0.15) is 23.2 Å². The van der Waals surface area contributed by atoms with Crippen molar-refractivity contribution in [2.24, 2.45) is 0 Å². The zero-order chi connectivity index (χ0) is 25.5. The summed E-state index contributed by atoms with van der Waals surface area (Å²) in [6.07, 6.45) is -0.0959. The van der Waals surface area contributed by atoms with Crippen LogP contribution in [0.15, 0.2) is 54.6 Å². The number of benzene rings is 3. The number of hydrogen-bond acceptors (Lipinski definition) is 4. The topological polar surface area (TPSA) is 84.9 Å². The highest BCUT2D eigenvalue weighted by molar-refractivity contribution is 6.65. The van der Waals surface area contributed by atoms with Crippen molar-refractivity contribution in [1.29, 1.82) is 0 Å². The molecule has 0 radical (unpaired) electrons. The molecule has 35 heavy (non-hydrogen) atoms. The Morgan fingerprint density at radius 2 is 1.49 bits per heavy atom. The molecule has 3 aromatic carbocycles. The largest absolute Gasteiger partial charge is 0.495 e. The van der Waals surface area contributed by atoms with E-state index in [1.54, 1.807) is 6.07 Å². The summed E-state index contributed by atoms with van der Waals surface area (Å²) in [5, 5.41) is 13.6. The van der Waals surface area contributed by atoms with Crippen molar-refractivity contribution >= 4 is 35.2 Å². The van der Waals surface area contributed by atoms with Crippen LogP contribution in [0, 0.1) is 11.6 Å². The number of nitrogens with one attached hydrogen (secondary N) is 1. The number of carboxylic acid groups (broad SMARTS) is 1. The molecule has 1 aliphatic heterocycles. The highest BCUT2D eigenvalue weighted by Gasteiger charge is 2.52. The predicted molar refractivity (Wildman–Crippen MR) is 129 cm³/mol. The number of amides is 1. The number of rotatable bonds is 6. The molecule has 1 amide bonds. The lowest BCUT2D eigenvalue weighted by atomic mass is 9.75. The molecule has 0 bridgehead atoms. The van der Waals surface area contributed by atoms with Crippen LogP contribution in [0.1, 0.15) is 43.6 Å². The molecule has 0 unspecified atom stereocenters. The first kappa shape index (κ1) is 24.8. The van der Waals surface area contributed by atoms with Crippen LogP contribution in [0.3, 0.4) is 0 Å². The molecule has 0 saturated carbocycles. The fourth-order valence-electron chi connectivity index (χ4n) is 4.10. The number of halogens is 2. The summed E-state index contributed by atoms with van der Waals surface area (Å²) in [5.41, 5.74) is -0.439. The Labute approximate surface area is 202 Å². The van der Waals surface area contributed by atoms with E-state index in [0.29, 0.717) is 5.56 Å². The van der Waals surface area contributed by atoms with E-state index in [-0.39, 0.29) is 6.42 Å². The molecule has 2 N–H and O–H groups in total. The van der Waals surface area contributed by atoms with Crippen molar-refractivity contribution in [2.75, 3.05) is 0 Å². The Morgan fingerprint density at radius 3 is 2.06 bits per heavy atom. The van der Waals surface area contributed by atoms with Gasteiger partial charge >= 0.3 is 13.1 Å². The first-order valence-electron chi connectivity index (χ1n) is 11.2. The monoisotopic (exact) mass is 481 g/mol. The summed E-state index contributed by atoms with van der Waals surface area (Å²) in [4.78, 5) is 24.5. The van der Waals surface area contributed by atoms with E-state index in [1.165, 1.54) is 0 Å². The fraction of sp³-hybridized carbons (Fsp3) is 0.308. The Balaban J connectivity index is 1.65. The Hall–Kier alpha value is -3.30. The number of carbonyl (C=O) groups excluding carboxylic acids is 1. The van der Waals surface area contributed by atoms with Gasteiger partial charge in [0, 0.05) is 6.42 Å². The van der Waals surface area contributed by atoms with Crippen LogP contribution in [0.25, 0.3) is 10.8 Å². The van der Waals surface area contributed by atoms with Gasteiger partial charge in [-0.2, -0.15) is 0 Å². The van der Waals surface area contributed by atoms with Gasteiger partial charge in [0.25, 0.3) is 5.91 Å². The minimum Gasteiger partial charge on any atom is -0.480 e. The average molecular weight is 481 g/mol. The van der Waals surface area contributed by atoms with Gasteiger partial charge in [-0.3, -0.25) is 4.79 Å². The van der Waals surface area contributed by atoms with E-state index in [9.17, 15) is 23.5 Å². The van der Waals surface area contributed by atoms with Gasteiger partial charge in [-0.1, -0.05) is 42.5 Å². The van der Waals surface area contributed by atoms with Crippen LogP contribution in [0.5, 0.6) is 0 Å². The molecule has 1 aliphatic rings. The van der Waals surface area contributed by atoms with Crippen LogP contribution in [-0.4, -0.2) is 41.3 Å². The molecule has 0 spiro atoms. The van der Waals surface area contributed by atoms with Crippen LogP contribution in [0.2, 0.25) is 0 Å². The molecule has 1 saturated heterocycles. The van der Waals surface area contributed by atoms with Crippen molar-refractivity contribution in [1.82, 2.24) is 5.32 Å². The second kappa shape index (κ2) is 9.05. The molecule has 4 rings (SSSR count). The van der Waals surface area contributed by atoms with Gasteiger partial charge < -0.3 is 19.7 Å². The van der Waals surface area contributed by atoms with Crippen LogP contribution < -0.4 is 10.8 Å². The SMILES string of the molecule is CC1(C)OB(c2ccc(C[C@H](NC(=O)c3c(F)cccc3F)C(=O)O)c3ccccc23)OC1(C)C. The van der Waals surface area contributed by atoms with E-state index in [0.717, 1.165) is 34.4 Å². The first-order chi connectivity index (χ1) is 16.4. The van der Waals surface area contributed by atoms with Crippen LogP contribution >= 0.6 is 0 Å². The van der Waals surface area contributed by atoms with E-state index in [2.05, 4.69) is 5.32 Å². The molecule has 9 heteroatoms. The smallest absolute Gasteiger partial charge is 0.480 e. The molecule has 1 fully saturated rings. The van der Waals surface area contributed by atoms with E-state index >= 15 is 0 Å². The molecule has 1 atom stereocenters. The lowest BCUT2D eigenvalue weighted by molar-refractivity contribution is -0.139. The minimum atomic E-state index is -1.41. The second-order valence-electron chi connectivity index (χ2n) is 9.61. The number of carboxylic acids is 1. The lowest BCUT2D eigenvalue weighted by Gasteiger charge is -2.32. The third kappa shape index (κ3) is 4.66. The van der Waals surface area contributed by atoms with Gasteiger partial charge in [-0.25, -0.2) is 13.6 Å². The van der Waals surface area contributed by atoms with Crippen molar-refractivity contribution in [2.45, 2.75) is 51.4 Å². The number of fused-ring (bicyclic) bond motifs is 1. The molecule has 3 aromatic rings. The van der Waals surface area contributed by atoms with E-state index < -0.39 is 53.4 Å². The zero-order valence-corrected chi connectivity index (χ0v) is 19.9. The van der Waals surface area contributed by atoms with Gasteiger partial charge in [-0.15, -0.1) is 0 Å². The highest BCUT2D eigenvalue weighted by atomic mass is 19.1. The molecule has 182 valence electrons. The first-order valence-corrected chi connectivity index (χ1v) is 11.2. The normalized spacial score (nSPS) is 17.4.